The SMILES string of the molecule is Cn1c(CN2CCCCC2=O)ccc1C(=O)O. The molecule has 2 rings (SSSR count). The quantitative estimate of drug-likeness (QED) is 0.858. The molecule has 1 amide bonds. The van der Waals surface area contributed by atoms with Crippen molar-refractivity contribution in [3.63, 3.8) is 0 Å². The van der Waals surface area contributed by atoms with Crippen molar-refractivity contribution >= 4 is 11.9 Å². The van der Waals surface area contributed by atoms with Crippen molar-refractivity contribution in [2.24, 2.45) is 7.05 Å². The number of carboxylic acid groups (broad SMARTS) is 1. The largest absolute Gasteiger partial charge is 0.477 e. The number of hydrogen-bond donors (Lipinski definition) is 1. The fourth-order valence-electron chi connectivity index (χ4n) is 2.15. The minimum Gasteiger partial charge on any atom is -0.477 e. The van der Waals surface area contributed by atoms with Gasteiger partial charge in [-0.15, -0.1) is 0 Å². The third-order valence-electron chi connectivity index (χ3n) is 3.22. The van der Waals surface area contributed by atoms with E-state index >= 15 is 0 Å². The Morgan fingerprint density at radius 2 is 2.18 bits per heavy atom. The van der Waals surface area contributed by atoms with E-state index in [1.54, 1.807) is 28.6 Å². The molecule has 0 aromatic carbocycles. The van der Waals surface area contributed by atoms with E-state index in [4.69, 9.17) is 5.11 Å². The summed E-state index contributed by atoms with van der Waals surface area (Å²) >= 11 is 0. The lowest BCUT2D eigenvalue weighted by molar-refractivity contribution is -0.133. The summed E-state index contributed by atoms with van der Waals surface area (Å²) in [6.07, 6.45) is 2.60. The van der Waals surface area contributed by atoms with Crippen LogP contribution < -0.4 is 0 Å². The Kier molecular flexibility index (Phi) is 3.17. The maximum atomic E-state index is 11.7. The van der Waals surface area contributed by atoms with E-state index in [-0.39, 0.29) is 11.6 Å². The fraction of sp³-hybridized carbons (Fsp3) is 0.500. The van der Waals surface area contributed by atoms with Crippen LogP contribution in [0.4, 0.5) is 0 Å². The van der Waals surface area contributed by atoms with Crippen LogP contribution in [-0.4, -0.2) is 33.0 Å². The Morgan fingerprint density at radius 1 is 1.41 bits per heavy atom. The van der Waals surface area contributed by atoms with Gasteiger partial charge in [0.05, 0.1) is 6.54 Å². The van der Waals surface area contributed by atoms with Gasteiger partial charge in [0, 0.05) is 25.7 Å². The van der Waals surface area contributed by atoms with E-state index in [2.05, 4.69) is 0 Å². The van der Waals surface area contributed by atoms with E-state index in [1.165, 1.54) is 0 Å². The molecule has 0 aliphatic carbocycles. The highest BCUT2D eigenvalue weighted by Crippen LogP contribution is 2.15. The van der Waals surface area contributed by atoms with Gasteiger partial charge in [0.25, 0.3) is 0 Å². The topological polar surface area (TPSA) is 62.5 Å². The number of piperidine rings is 1. The first-order chi connectivity index (χ1) is 8.09. The molecule has 1 aliphatic heterocycles. The number of carbonyl (C=O) groups excluding carboxylic acids is 1. The number of amides is 1. The first kappa shape index (κ1) is 11.7. The Bertz CT molecular complexity index is 451. The number of aromatic carboxylic acids is 1. The zero-order valence-electron chi connectivity index (χ0n) is 9.85. The molecule has 17 heavy (non-hydrogen) atoms. The van der Waals surface area contributed by atoms with Crippen LogP contribution >= 0.6 is 0 Å². The van der Waals surface area contributed by atoms with Gasteiger partial charge in [-0.2, -0.15) is 0 Å². The lowest BCUT2D eigenvalue weighted by Crippen LogP contribution is -2.35. The molecule has 5 nitrogen and oxygen atoms in total. The van der Waals surface area contributed by atoms with Gasteiger partial charge in [-0.25, -0.2) is 4.79 Å². The van der Waals surface area contributed by atoms with Gasteiger partial charge in [0.1, 0.15) is 5.69 Å². The predicted molar refractivity (Wildman–Crippen MR) is 61.6 cm³/mol. The highest BCUT2D eigenvalue weighted by molar-refractivity contribution is 5.86. The summed E-state index contributed by atoms with van der Waals surface area (Å²) in [5.41, 5.74) is 1.11. The summed E-state index contributed by atoms with van der Waals surface area (Å²) in [7, 11) is 1.72. The van der Waals surface area contributed by atoms with Crippen molar-refractivity contribution in [3.8, 4) is 0 Å². The molecule has 5 heteroatoms. The minimum absolute atomic E-state index is 0.161. The summed E-state index contributed by atoms with van der Waals surface area (Å²) in [6.45, 7) is 1.27. The number of rotatable bonds is 3. The molecule has 92 valence electrons. The van der Waals surface area contributed by atoms with Crippen molar-refractivity contribution in [1.82, 2.24) is 9.47 Å². The minimum atomic E-state index is -0.941. The standard InChI is InChI=1S/C12H16N2O3/c1-13-9(5-6-10(13)12(16)17)8-14-7-3-2-4-11(14)15/h5-6H,2-4,7-8H2,1H3,(H,16,17). The average Bonchev–Trinajstić information content (AvgIpc) is 2.64. The van der Waals surface area contributed by atoms with E-state index in [0.29, 0.717) is 13.0 Å². The van der Waals surface area contributed by atoms with Crippen molar-refractivity contribution in [2.75, 3.05) is 6.54 Å². The van der Waals surface area contributed by atoms with E-state index < -0.39 is 5.97 Å². The van der Waals surface area contributed by atoms with E-state index in [9.17, 15) is 9.59 Å². The lowest BCUT2D eigenvalue weighted by atomic mass is 10.1. The van der Waals surface area contributed by atoms with Gasteiger partial charge in [0.15, 0.2) is 0 Å². The summed E-state index contributed by atoms with van der Waals surface area (Å²) in [5, 5.41) is 8.94. The number of likely N-dealkylation sites (tertiary alicyclic amines) is 1. The molecule has 0 spiro atoms. The second-order valence-corrected chi connectivity index (χ2v) is 4.35. The van der Waals surface area contributed by atoms with Gasteiger partial charge in [-0.1, -0.05) is 0 Å². The Hall–Kier alpha value is -1.78. The summed E-state index contributed by atoms with van der Waals surface area (Å²) in [4.78, 5) is 24.3. The van der Waals surface area contributed by atoms with Crippen molar-refractivity contribution in [2.45, 2.75) is 25.8 Å². The van der Waals surface area contributed by atoms with Gasteiger partial charge >= 0.3 is 5.97 Å². The Balaban J connectivity index is 2.13. The molecule has 0 saturated carbocycles. The Morgan fingerprint density at radius 3 is 2.76 bits per heavy atom. The molecule has 1 saturated heterocycles. The third-order valence-corrected chi connectivity index (χ3v) is 3.22. The monoisotopic (exact) mass is 236 g/mol. The zero-order chi connectivity index (χ0) is 12.4. The highest BCUT2D eigenvalue weighted by Gasteiger charge is 2.20. The van der Waals surface area contributed by atoms with Crippen LogP contribution in [0, 0.1) is 0 Å². The fourth-order valence-corrected chi connectivity index (χ4v) is 2.15. The van der Waals surface area contributed by atoms with Crippen molar-refractivity contribution in [3.05, 3.63) is 23.5 Å². The molecule has 1 aliphatic rings. The number of nitrogens with zero attached hydrogens (tertiary/aromatic N) is 2. The second kappa shape index (κ2) is 4.61. The molecule has 1 aromatic rings. The van der Waals surface area contributed by atoms with Crippen LogP contribution in [0.3, 0.4) is 0 Å². The van der Waals surface area contributed by atoms with Crippen LogP contribution in [0.15, 0.2) is 12.1 Å². The molecule has 0 atom stereocenters. The maximum absolute atomic E-state index is 11.7. The van der Waals surface area contributed by atoms with Gasteiger partial charge in [0.2, 0.25) is 5.91 Å². The molecular formula is C12H16N2O3. The summed E-state index contributed by atoms with van der Waals surface area (Å²) in [5.74, 6) is -0.780. The lowest BCUT2D eigenvalue weighted by Gasteiger charge is -2.26. The number of hydrogen-bond acceptors (Lipinski definition) is 2. The van der Waals surface area contributed by atoms with Crippen molar-refractivity contribution in [1.29, 1.82) is 0 Å². The summed E-state index contributed by atoms with van der Waals surface area (Å²) in [6, 6.07) is 3.34. The molecule has 0 radical (unpaired) electrons. The van der Waals surface area contributed by atoms with Gasteiger partial charge < -0.3 is 14.6 Å². The number of carboxylic acids is 1. The average molecular weight is 236 g/mol. The second-order valence-electron chi connectivity index (χ2n) is 4.35. The molecule has 1 aromatic heterocycles. The molecule has 1 N–H and O–H groups in total. The zero-order valence-corrected chi connectivity index (χ0v) is 9.85. The number of aromatic nitrogens is 1. The number of carbonyl (C=O) groups is 2. The van der Waals surface area contributed by atoms with Gasteiger partial charge in [-0.3, -0.25) is 4.79 Å². The normalized spacial score (nSPS) is 16.3. The Labute approximate surface area is 99.6 Å². The van der Waals surface area contributed by atoms with Crippen LogP contribution in [0.25, 0.3) is 0 Å². The van der Waals surface area contributed by atoms with Gasteiger partial charge in [-0.05, 0) is 25.0 Å². The van der Waals surface area contributed by atoms with E-state index in [0.717, 1.165) is 25.1 Å². The van der Waals surface area contributed by atoms with Crippen LogP contribution in [0.2, 0.25) is 0 Å². The first-order valence-electron chi connectivity index (χ1n) is 5.75. The molecule has 0 unspecified atom stereocenters. The predicted octanol–water partition coefficient (Wildman–Crippen LogP) is 1.24. The third kappa shape index (κ3) is 2.33. The van der Waals surface area contributed by atoms with Crippen molar-refractivity contribution < 1.29 is 14.7 Å². The van der Waals surface area contributed by atoms with Crippen LogP contribution in [-0.2, 0) is 18.4 Å². The van der Waals surface area contributed by atoms with Crippen LogP contribution in [0.1, 0.15) is 35.4 Å². The maximum Gasteiger partial charge on any atom is 0.352 e. The molecule has 2 heterocycles. The molecule has 1 fully saturated rings. The summed E-state index contributed by atoms with van der Waals surface area (Å²) < 4.78 is 1.63. The van der Waals surface area contributed by atoms with Crippen LogP contribution in [0.5, 0.6) is 0 Å². The van der Waals surface area contributed by atoms with E-state index in [1.807, 2.05) is 0 Å². The molecule has 0 bridgehead atoms. The first-order valence-corrected chi connectivity index (χ1v) is 5.75. The highest BCUT2D eigenvalue weighted by atomic mass is 16.4. The smallest absolute Gasteiger partial charge is 0.352 e. The molecular weight excluding hydrogens is 220 g/mol.